The van der Waals surface area contributed by atoms with Crippen LogP contribution >= 0.6 is 0 Å². The number of imide groups is 2. The molecule has 10 nitrogen and oxygen atoms in total. The van der Waals surface area contributed by atoms with E-state index in [9.17, 15) is 19.2 Å². The second-order valence-corrected chi connectivity index (χ2v) is 10.4. The molecule has 4 aliphatic rings. The number of carbonyl (C=O) groups excluding carboxylic acids is 4. The molecular formula is C30H26N4O6. The lowest BCUT2D eigenvalue weighted by atomic mass is 9.91. The number of fused-ring (bicyclic) bond motifs is 2. The highest BCUT2D eigenvalue weighted by Crippen LogP contribution is 2.47. The molecule has 4 heterocycles. The van der Waals surface area contributed by atoms with Crippen molar-refractivity contribution in [3.05, 3.63) is 96.1 Å². The molecule has 4 amide bonds. The van der Waals surface area contributed by atoms with Crippen molar-refractivity contribution in [2.24, 2.45) is 11.8 Å². The van der Waals surface area contributed by atoms with Gasteiger partial charge in [-0.05, 0) is 35.4 Å². The number of anilines is 2. The predicted molar refractivity (Wildman–Crippen MR) is 142 cm³/mol. The van der Waals surface area contributed by atoms with E-state index in [4.69, 9.17) is 9.68 Å². The molecule has 3 aromatic rings. The van der Waals surface area contributed by atoms with Gasteiger partial charge in [0.1, 0.15) is 0 Å². The Bertz CT molecular complexity index is 1400. The highest BCUT2D eigenvalue weighted by molar-refractivity contribution is 6.25. The van der Waals surface area contributed by atoms with Crippen molar-refractivity contribution in [1.82, 2.24) is 10.1 Å². The molecule has 3 aromatic carbocycles. The van der Waals surface area contributed by atoms with Gasteiger partial charge in [0, 0.05) is 14.1 Å². The van der Waals surface area contributed by atoms with E-state index in [1.54, 1.807) is 48.5 Å². The van der Waals surface area contributed by atoms with Gasteiger partial charge >= 0.3 is 0 Å². The van der Waals surface area contributed by atoms with Crippen LogP contribution in [0.4, 0.5) is 11.4 Å². The summed E-state index contributed by atoms with van der Waals surface area (Å²) < 4.78 is 0. The Balaban J connectivity index is 1.15. The van der Waals surface area contributed by atoms with Crippen LogP contribution in [0, 0.1) is 11.8 Å². The van der Waals surface area contributed by atoms with Crippen LogP contribution in [0.15, 0.2) is 84.9 Å². The fraction of sp³-hybridized carbons (Fsp3) is 0.267. The molecule has 4 saturated heterocycles. The van der Waals surface area contributed by atoms with Crippen molar-refractivity contribution in [2.45, 2.75) is 24.3 Å². The molecule has 0 bridgehead atoms. The van der Waals surface area contributed by atoms with Gasteiger partial charge in [0.2, 0.25) is 11.8 Å². The largest absolute Gasteiger partial charge is 0.284 e. The Morgan fingerprint density at radius 3 is 1.20 bits per heavy atom. The molecule has 0 N–H and O–H groups in total. The maximum absolute atomic E-state index is 13.6. The van der Waals surface area contributed by atoms with Crippen LogP contribution in [-0.2, 0) is 28.9 Å². The van der Waals surface area contributed by atoms with Crippen molar-refractivity contribution < 1.29 is 28.9 Å². The molecule has 202 valence electrons. The van der Waals surface area contributed by atoms with Crippen LogP contribution in [0.1, 0.15) is 23.2 Å². The molecule has 4 aliphatic heterocycles. The topological polar surface area (TPSA) is 99.7 Å². The summed E-state index contributed by atoms with van der Waals surface area (Å²) in [5.74, 6) is -2.98. The van der Waals surface area contributed by atoms with E-state index in [1.165, 1.54) is 0 Å². The van der Waals surface area contributed by atoms with E-state index in [0.29, 0.717) is 11.4 Å². The molecule has 10 heteroatoms. The van der Waals surface area contributed by atoms with Crippen LogP contribution in [0.25, 0.3) is 0 Å². The normalized spacial score (nSPS) is 30.4. The first-order valence-corrected chi connectivity index (χ1v) is 13.1. The molecule has 0 aliphatic carbocycles. The van der Waals surface area contributed by atoms with Crippen molar-refractivity contribution in [3.63, 3.8) is 0 Å². The van der Waals surface area contributed by atoms with Gasteiger partial charge in [-0.1, -0.05) is 60.7 Å². The van der Waals surface area contributed by atoms with Crippen molar-refractivity contribution in [1.29, 1.82) is 0 Å². The number of hydrogen-bond acceptors (Lipinski definition) is 8. The number of amides is 4. The molecule has 40 heavy (non-hydrogen) atoms. The third-order valence-corrected chi connectivity index (χ3v) is 8.26. The zero-order valence-electron chi connectivity index (χ0n) is 21.8. The highest BCUT2D eigenvalue weighted by atomic mass is 16.7. The van der Waals surface area contributed by atoms with E-state index in [1.807, 2.05) is 60.7 Å². The minimum Gasteiger partial charge on any atom is -0.284 e. The summed E-state index contributed by atoms with van der Waals surface area (Å²) in [4.78, 5) is 67.7. The third-order valence-electron chi connectivity index (χ3n) is 8.26. The Kier molecular flexibility index (Phi) is 5.69. The standard InChI is InChI=1S/C30H26N4O6/c1-31-23(17-9-5-3-6-10-17)21-25(39-31)29(37)33(27(21)35)19-13-15-20(16-14-19)34-28(36)22-24(18-11-7-4-8-12-18)32(2)40-26(22)30(34)38/h3-16,21-26H,1-2H3/t21-,22-,23-,24-,25+,26+/m0/s1. The zero-order valence-corrected chi connectivity index (χ0v) is 21.8. The Labute approximate surface area is 230 Å². The Morgan fingerprint density at radius 2 is 0.850 bits per heavy atom. The monoisotopic (exact) mass is 538 g/mol. The molecular weight excluding hydrogens is 512 g/mol. The number of carbonyl (C=O) groups is 4. The van der Waals surface area contributed by atoms with Crippen LogP contribution in [0.3, 0.4) is 0 Å². The minimum absolute atomic E-state index is 0.351. The molecule has 4 fully saturated rings. The number of nitrogens with zero attached hydrogens (tertiary/aromatic N) is 4. The SMILES string of the molecule is CN1O[C@H]2C(=O)N(c3ccc(N4C(=O)[C@@H]5[C@@H](ON(C)[C@H]5c5ccccc5)C4=O)cc3)C(=O)[C@H]2[C@@H]1c1ccccc1. The lowest BCUT2D eigenvalue weighted by Gasteiger charge is -2.25. The summed E-state index contributed by atoms with van der Waals surface area (Å²) in [7, 11) is 3.44. The van der Waals surface area contributed by atoms with Gasteiger partial charge in [-0.2, -0.15) is 10.1 Å². The second kappa shape index (κ2) is 9.17. The maximum atomic E-state index is 13.6. The average molecular weight is 539 g/mol. The van der Waals surface area contributed by atoms with E-state index < -0.39 is 47.9 Å². The fourth-order valence-corrected chi connectivity index (χ4v) is 6.49. The van der Waals surface area contributed by atoms with Gasteiger partial charge in [0.25, 0.3) is 11.8 Å². The van der Waals surface area contributed by atoms with E-state index in [2.05, 4.69) is 0 Å². The van der Waals surface area contributed by atoms with Gasteiger partial charge in [-0.25, -0.2) is 9.80 Å². The summed E-state index contributed by atoms with van der Waals surface area (Å²) in [6.45, 7) is 0. The molecule has 0 radical (unpaired) electrons. The van der Waals surface area contributed by atoms with Crippen LogP contribution in [0.2, 0.25) is 0 Å². The third kappa shape index (κ3) is 3.50. The highest BCUT2D eigenvalue weighted by Gasteiger charge is 2.60. The second-order valence-electron chi connectivity index (χ2n) is 10.4. The van der Waals surface area contributed by atoms with Gasteiger partial charge in [0.15, 0.2) is 12.2 Å². The summed E-state index contributed by atoms with van der Waals surface area (Å²) in [6.07, 6.45) is -1.85. The summed E-state index contributed by atoms with van der Waals surface area (Å²) in [6, 6.07) is 24.4. The quantitative estimate of drug-likeness (QED) is 0.468. The van der Waals surface area contributed by atoms with Gasteiger partial charge in [-0.15, -0.1) is 0 Å². The number of hydroxylamine groups is 4. The Hall–Kier alpha value is -4.22. The van der Waals surface area contributed by atoms with Crippen LogP contribution < -0.4 is 9.80 Å². The van der Waals surface area contributed by atoms with E-state index in [0.717, 1.165) is 20.9 Å². The molecule has 7 rings (SSSR count). The van der Waals surface area contributed by atoms with Gasteiger partial charge in [0.05, 0.1) is 35.3 Å². The van der Waals surface area contributed by atoms with Crippen molar-refractivity contribution in [3.8, 4) is 0 Å². The van der Waals surface area contributed by atoms with E-state index in [-0.39, 0.29) is 11.8 Å². The smallest absolute Gasteiger partial charge is 0.265 e. The molecule has 0 aromatic heterocycles. The number of benzene rings is 3. The zero-order chi connectivity index (χ0) is 27.7. The summed E-state index contributed by atoms with van der Waals surface area (Å²) in [5.41, 5.74) is 2.47. The van der Waals surface area contributed by atoms with Crippen molar-refractivity contribution >= 4 is 35.0 Å². The maximum Gasteiger partial charge on any atom is 0.265 e. The van der Waals surface area contributed by atoms with Crippen LogP contribution in [-0.4, -0.2) is 60.1 Å². The average Bonchev–Trinajstić information content (AvgIpc) is 3.64. The lowest BCUT2D eigenvalue weighted by Crippen LogP contribution is -2.37. The number of hydrogen-bond donors (Lipinski definition) is 0. The molecule has 0 unspecified atom stereocenters. The van der Waals surface area contributed by atoms with Crippen LogP contribution in [0.5, 0.6) is 0 Å². The van der Waals surface area contributed by atoms with E-state index >= 15 is 0 Å². The van der Waals surface area contributed by atoms with Gasteiger partial charge < -0.3 is 0 Å². The first-order chi connectivity index (χ1) is 19.4. The summed E-state index contributed by atoms with van der Waals surface area (Å²) in [5, 5.41) is 3.15. The molecule has 0 spiro atoms. The fourth-order valence-electron chi connectivity index (χ4n) is 6.49. The van der Waals surface area contributed by atoms with Crippen molar-refractivity contribution in [2.75, 3.05) is 23.9 Å². The minimum atomic E-state index is -0.924. The first-order valence-electron chi connectivity index (χ1n) is 13.1. The Morgan fingerprint density at radius 1 is 0.500 bits per heavy atom. The predicted octanol–water partition coefficient (Wildman–Crippen LogP) is 2.64. The molecule has 0 saturated carbocycles. The molecule has 6 atom stereocenters. The summed E-state index contributed by atoms with van der Waals surface area (Å²) >= 11 is 0. The number of rotatable bonds is 4. The first kappa shape index (κ1) is 24.8. The van der Waals surface area contributed by atoms with Gasteiger partial charge in [-0.3, -0.25) is 28.9 Å². The lowest BCUT2D eigenvalue weighted by molar-refractivity contribution is -0.160.